The van der Waals surface area contributed by atoms with Gasteiger partial charge in [-0.05, 0) is 54.6 Å². The number of carbonyl (C=O) groups is 1. The van der Waals surface area contributed by atoms with Gasteiger partial charge in [0.2, 0.25) is 15.9 Å². The second-order valence-corrected chi connectivity index (χ2v) is 10.1. The quantitative estimate of drug-likeness (QED) is 0.410. The number of rotatable bonds is 7. The number of anilines is 1. The number of hydrogen-bond acceptors (Lipinski definition) is 3. The van der Waals surface area contributed by atoms with Crippen molar-refractivity contribution in [3.8, 4) is 0 Å². The summed E-state index contributed by atoms with van der Waals surface area (Å²) in [4.78, 5) is 12.7. The molecule has 0 saturated carbocycles. The van der Waals surface area contributed by atoms with Crippen LogP contribution < -0.4 is 5.32 Å². The summed E-state index contributed by atoms with van der Waals surface area (Å²) in [6.45, 7) is -0.675. The van der Waals surface area contributed by atoms with Crippen LogP contribution in [0.25, 0.3) is 0 Å². The number of sulfonamides is 1. The van der Waals surface area contributed by atoms with Gasteiger partial charge in [-0.1, -0.05) is 58.5 Å². The van der Waals surface area contributed by atoms with Crippen LogP contribution in [0.5, 0.6) is 0 Å². The van der Waals surface area contributed by atoms with Crippen molar-refractivity contribution in [3.05, 3.63) is 92.4 Å². The van der Waals surface area contributed by atoms with E-state index in [0.717, 1.165) is 4.31 Å². The lowest BCUT2D eigenvalue weighted by atomic mass is 10.2. The summed E-state index contributed by atoms with van der Waals surface area (Å²) < 4.78 is 27.6. The number of hydrogen-bond donors (Lipinski definition) is 1. The predicted molar refractivity (Wildman–Crippen MR) is 126 cm³/mol. The Morgan fingerprint density at radius 3 is 2.06 bits per heavy atom. The Hall–Kier alpha value is -1.80. The Balaban J connectivity index is 1.93. The Morgan fingerprint density at radius 1 is 0.839 bits per heavy atom. The first kappa shape index (κ1) is 23.9. The summed E-state index contributed by atoms with van der Waals surface area (Å²) in [5.41, 5.74) is 0.830. The van der Waals surface area contributed by atoms with E-state index in [9.17, 15) is 13.2 Å². The average Bonchev–Trinajstić information content (AvgIpc) is 2.70. The lowest BCUT2D eigenvalue weighted by molar-refractivity contribution is -0.116. The lowest BCUT2D eigenvalue weighted by Gasteiger charge is -2.23. The minimum atomic E-state index is -4.07. The first-order valence-electron chi connectivity index (χ1n) is 8.91. The molecule has 0 saturated heterocycles. The van der Waals surface area contributed by atoms with E-state index < -0.39 is 22.5 Å². The topological polar surface area (TPSA) is 66.5 Å². The molecule has 5 nitrogen and oxygen atoms in total. The molecule has 1 amide bonds. The van der Waals surface area contributed by atoms with Crippen LogP contribution in [-0.2, 0) is 21.4 Å². The third kappa shape index (κ3) is 6.13. The molecule has 0 aliphatic heterocycles. The highest BCUT2D eigenvalue weighted by Crippen LogP contribution is 2.28. The molecule has 0 unspecified atom stereocenters. The first-order valence-corrected chi connectivity index (χ1v) is 11.9. The number of nitrogens with one attached hydrogen (secondary N) is 1. The van der Waals surface area contributed by atoms with Crippen molar-refractivity contribution in [2.24, 2.45) is 0 Å². The van der Waals surface area contributed by atoms with E-state index in [1.54, 1.807) is 42.5 Å². The SMILES string of the molecule is O=C(CN(Cc1c(Cl)cccc1Cl)S(=O)(=O)c1ccc(Cl)cc1)Nc1cccc(Cl)c1. The summed E-state index contributed by atoms with van der Waals surface area (Å²) in [6.07, 6.45) is 0. The fraction of sp³-hybridized carbons (Fsp3) is 0.0952. The Kier molecular flexibility index (Phi) is 7.86. The zero-order chi connectivity index (χ0) is 22.6. The van der Waals surface area contributed by atoms with Crippen molar-refractivity contribution in [3.63, 3.8) is 0 Å². The molecular weight excluding hydrogens is 502 g/mol. The van der Waals surface area contributed by atoms with Gasteiger partial charge in [0.25, 0.3) is 0 Å². The van der Waals surface area contributed by atoms with Gasteiger partial charge >= 0.3 is 0 Å². The van der Waals surface area contributed by atoms with E-state index in [1.165, 1.54) is 24.3 Å². The molecule has 0 spiro atoms. The van der Waals surface area contributed by atoms with E-state index in [0.29, 0.717) is 31.3 Å². The van der Waals surface area contributed by atoms with E-state index in [1.807, 2.05) is 0 Å². The van der Waals surface area contributed by atoms with Gasteiger partial charge in [0.05, 0.1) is 11.4 Å². The third-order valence-electron chi connectivity index (χ3n) is 4.28. The van der Waals surface area contributed by atoms with Crippen molar-refractivity contribution in [2.45, 2.75) is 11.4 Å². The Morgan fingerprint density at radius 2 is 1.45 bits per heavy atom. The molecule has 0 radical (unpaired) electrons. The molecule has 1 N–H and O–H groups in total. The van der Waals surface area contributed by atoms with E-state index in [4.69, 9.17) is 46.4 Å². The van der Waals surface area contributed by atoms with Gasteiger partial charge in [0.1, 0.15) is 0 Å². The molecule has 0 aromatic heterocycles. The minimum Gasteiger partial charge on any atom is -0.325 e. The molecule has 10 heteroatoms. The number of benzene rings is 3. The number of nitrogens with zero attached hydrogens (tertiary/aromatic N) is 1. The summed E-state index contributed by atoms with van der Waals surface area (Å²) >= 11 is 24.3. The Labute approximate surface area is 200 Å². The maximum absolute atomic E-state index is 13.3. The number of amides is 1. The molecular formula is C21H16Cl4N2O3S. The maximum Gasteiger partial charge on any atom is 0.243 e. The summed E-state index contributed by atoms with van der Waals surface area (Å²) in [5, 5.41) is 4.05. The van der Waals surface area contributed by atoms with Gasteiger partial charge in [-0.25, -0.2) is 8.42 Å². The van der Waals surface area contributed by atoms with Crippen LogP contribution in [0.15, 0.2) is 71.6 Å². The van der Waals surface area contributed by atoms with Crippen LogP contribution in [0.3, 0.4) is 0 Å². The second kappa shape index (κ2) is 10.2. The molecule has 3 aromatic rings. The van der Waals surface area contributed by atoms with Crippen LogP contribution in [0.1, 0.15) is 5.56 Å². The lowest BCUT2D eigenvalue weighted by Crippen LogP contribution is -2.37. The molecule has 3 rings (SSSR count). The van der Waals surface area contributed by atoms with Crippen LogP contribution in [0.4, 0.5) is 5.69 Å². The summed E-state index contributed by atoms with van der Waals surface area (Å²) in [5.74, 6) is -0.553. The number of halogens is 4. The molecule has 0 atom stereocenters. The van der Waals surface area contributed by atoms with Gasteiger partial charge in [-0.3, -0.25) is 4.79 Å². The average molecular weight is 518 g/mol. The standard InChI is InChI=1S/C21H16Cl4N2O3S/c22-14-7-9-17(10-8-14)31(29,30)27(12-18-19(24)5-2-6-20(18)25)13-21(28)26-16-4-1-3-15(23)11-16/h1-11H,12-13H2,(H,26,28). The van der Waals surface area contributed by atoms with Gasteiger partial charge < -0.3 is 5.32 Å². The monoisotopic (exact) mass is 516 g/mol. The van der Waals surface area contributed by atoms with Crippen LogP contribution >= 0.6 is 46.4 Å². The van der Waals surface area contributed by atoms with Crippen LogP contribution in [0.2, 0.25) is 20.1 Å². The first-order chi connectivity index (χ1) is 14.7. The van der Waals surface area contributed by atoms with Gasteiger partial charge in [-0.15, -0.1) is 0 Å². The van der Waals surface area contributed by atoms with Crippen molar-refractivity contribution in [1.82, 2.24) is 4.31 Å². The van der Waals surface area contributed by atoms with Gasteiger partial charge in [0, 0.05) is 37.9 Å². The summed E-state index contributed by atoms with van der Waals surface area (Å²) in [6, 6.07) is 17.0. The molecule has 0 aliphatic rings. The van der Waals surface area contributed by atoms with E-state index >= 15 is 0 Å². The molecule has 162 valence electrons. The molecule has 0 fully saturated rings. The fourth-order valence-electron chi connectivity index (χ4n) is 2.77. The normalized spacial score (nSPS) is 11.5. The van der Waals surface area contributed by atoms with Crippen molar-refractivity contribution < 1.29 is 13.2 Å². The minimum absolute atomic E-state index is 0.0179. The smallest absolute Gasteiger partial charge is 0.243 e. The predicted octanol–water partition coefficient (Wildman–Crippen LogP) is 6.13. The highest BCUT2D eigenvalue weighted by Gasteiger charge is 2.28. The molecule has 3 aromatic carbocycles. The van der Waals surface area contributed by atoms with Crippen molar-refractivity contribution in [1.29, 1.82) is 0 Å². The van der Waals surface area contributed by atoms with E-state index in [2.05, 4.69) is 5.32 Å². The highest BCUT2D eigenvalue weighted by atomic mass is 35.5. The molecule has 0 heterocycles. The molecule has 0 aliphatic carbocycles. The zero-order valence-electron chi connectivity index (χ0n) is 15.9. The van der Waals surface area contributed by atoms with Gasteiger partial charge in [-0.2, -0.15) is 4.31 Å². The highest BCUT2D eigenvalue weighted by molar-refractivity contribution is 7.89. The largest absolute Gasteiger partial charge is 0.325 e. The van der Waals surface area contributed by atoms with Crippen LogP contribution in [-0.4, -0.2) is 25.2 Å². The fourth-order valence-corrected chi connectivity index (χ4v) is 4.97. The van der Waals surface area contributed by atoms with Crippen molar-refractivity contribution in [2.75, 3.05) is 11.9 Å². The molecule has 0 bridgehead atoms. The third-order valence-corrected chi connectivity index (χ3v) is 7.28. The summed E-state index contributed by atoms with van der Waals surface area (Å²) in [7, 11) is -4.07. The van der Waals surface area contributed by atoms with E-state index in [-0.39, 0.29) is 11.4 Å². The zero-order valence-corrected chi connectivity index (χ0v) is 19.7. The van der Waals surface area contributed by atoms with Crippen LogP contribution in [0, 0.1) is 0 Å². The van der Waals surface area contributed by atoms with Gasteiger partial charge in [0.15, 0.2) is 0 Å². The Bertz CT molecular complexity index is 1180. The molecule has 31 heavy (non-hydrogen) atoms. The van der Waals surface area contributed by atoms with Crippen molar-refractivity contribution >= 4 is 68.0 Å². The number of carbonyl (C=O) groups excluding carboxylic acids is 1. The maximum atomic E-state index is 13.3. The second-order valence-electron chi connectivity index (χ2n) is 6.49.